The van der Waals surface area contributed by atoms with Crippen LogP contribution >= 0.6 is 0 Å². The van der Waals surface area contributed by atoms with Crippen molar-refractivity contribution in [2.24, 2.45) is 5.73 Å². The molecule has 19 heavy (non-hydrogen) atoms. The van der Waals surface area contributed by atoms with Crippen LogP contribution in [0.15, 0.2) is 18.5 Å². The molecule has 1 atom stereocenters. The molecule has 1 unspecified atom stereocenters. The minimum atomic E-state index is -4.47. The molecular formula is C11H14F3N5. The van der Waals surface area contributed by atoms with Crippen LogP contribution in [0.25, 0.3) is 5.52 Å². The second-order valence-electron chi connectivity index (χ2n) is 4.26. The Morgan fingerprint density at radius 1 is 1.47 bits per heavy atom. The zero-order valence-corrected chi connectivity index (χ0v) is 10.3. The third kappa shape index (κ3) is 2.95. The average molecular weight is 273 g/mol. The highest BCUT2D eigenvalue weighted by Gasteiger charge is 2.34. The Labute approximate surface area is 107 Å². The van der Waals surface area contributed by atoms with Crippen LogP contribution in [0.1, 0.15) is 19.0 Å². The topological polar surface area (TPSA) is 68.2 Å². The third-order valence-electron chi connectivity index (χ3n) is 2.66. The number of alkyl halides is 3. The number of nitrogens with two attached hydrogens (primary N) is 1. The number of fused-ring (bicyclic) bond motifs is 1. The third-order valence-corrected chi connectivity index (χ3v) is 2.66. The first kappa shape index (κ1) is 13.6. The molecule has 0 radical (unpaired) electrons. The van der Waals surface area contributed by atoms with Gasteiger partial charge in [0.15, 0.2) is 11.5 Å². The molecule has 0 amide bonds. The van der Waals surface area contributed by atoms with E-state index in [-0.39, 0.29) is 6.04 Å². The molecule has 0 aromatic carbocycles. The van der Waals surface area contributed by atoms with Crippen molar-refractivity contribution in [3.63, 3.8) is 0 Å². The van der Waals surface area contributed by atoms with Crippen molar-refractivity contribution < 1.29 is 13.2 Å². The normalized spacial score (nSPS) is 13.7. The average Bonchev–Trinajstić information content (AvgIpc) is 2.74. The Bertz CT molecular complexity index is 563. The van der Waals surface area contributed by atoms with Gasteiger partial charge >= 0.3 is 6.18 Å². The van der Waals surface area contributed by atoms with Crippen molar-refractivity contribution in [1.29, 1.82) is 0 Å². The molecule has 0 spiro atoms. The highest BCUT2D eigenvalue weighted by Crippen LogP contribution is 2.30. The highest BCUT2D eigenvalue weighted by atomic mass is 19.4. The van der Waals surface area contributed by atoms with Crippen molar-refractivity contribution in [1.82, 2.24) is 14.6 Å². The standard InChI is InChI=1S/C11H14F3N5/c1-7(2-3-15)17-10-8-6-9(11(12,13)14)18-19(8)5-4-16-10/h4-7H,2-3,15H2,1H3,(H,16,17). The van der Waals surface area contributed by atoms with Crippen LogP contribution in [-0.4, -0.2) is 27.2 Å². The van der Waals surface area contributed by atoms with E-state index < -0.39 is 11.9 Å². The second-order valence-corrected chi connectivity index (χ2v) is 4.26. The number of nitrogens with zero attached hydrogens (tertiary/aromatic N) is 3. The van der Waals surface area contributed by atoms with E-state index in [1.165, 1.54) is 12.4 Å². The monoisotopic (exact) mass is 273 g/mol. The summed E-state index contributed by atoms with van der Waals surface area (Å²) in [6.07, 6.45) is -0.990. The van der Waals surface area contributed by atoms with Crippen LogP contribution in [0.5, 0.6) is 0 Å². The van der Waals surface area contributed by atoms with E-state index in [0.717, 1.165) is 10.6 Å². The van der Waals surface area contributed by atoms with Gasteiger partial charge in [0.25, 0.3) is 0 Å². The fourth-order valence-corrected chi connectivity index (χ4v) is 1.73. The molecule has 8 heteroatoms. The Morgan fingerprint density at radius 3 is 2.84 bits per heavy atom. The minimum absolute atomic E-state index is 0.0212. The first-order valence-corrected chi connectivity index (χ1v) is 5.80. The van der Waals surface area contributed by atoms with Gasteiger partial charge in [-0.1, -0.05) is 0 Å². The van der Waals surface area contributed by atoms with E-state index in [1.54, 1.807) is 0 Å². The number of halogens is 3. The van der Waals surface area contributed by atoms with Gasteiger partial charge in [0.2, 0.25) is 0 Å². The van der Waals surface area contributed by atoms with Crippen molar-refractivity contribution in [2.75, 3.05) is 11.9 Å². The predicted octanol–water partition coefficient (Wildman–Crippen LogP) is 1.90. The Balaban J connectivity index is 2.37. The molecule has 2 aromatic heterocycles. The van der Waals surface area contributed by atoms with Crippen LogP contribution in [0.4, 0.5) is 19.0 Å². The zero-order chi connectivity index (χ0) is 14.0. The molecule has 0 saturated carbocycles. The predicted molar refractivity (Wildman–Crippen MR) is 64.7 cm³/mol. The first-order chi connectivity index (χ1) is 8.91. The molecule has 2 heterocycles. The fourth-order valence-electron chi connectivity index (χ4n) is 1.73. The molecule has 3 N–H and O–H groups in total. The van der Waals surface area contributed by atoms with Crippen molar-refractivity contribution >= 4 is 11.3 Å². The molecule has 0 saturated heterocycles. The van der Waals surface area contributed by atoms with Crippen LogP contribution < -0.4 is 11.1 Å². The number of aromatic nitrogens is 3. The molecule has 0 aliphatic heterocycles. The molecular weight excluding hydrogens is 259 g/mol. The lowest BCUT2D eigenvalue weighted by Gasteiger charge is -2.13. The van der Waals surface area contributed by atoms with Gasteiger partial charge in [0.05, 0.1) is 0 Å². The summed E-state index contributed by atoms with van der Waals surface area (Å²) < 4.78 is 39.0. The van der Waals surface area contributed by atoms with Gasteiger partial charge in [-0.05, 0) is 19.9 Å². The number of anilines is 1. The maximum atomic E-state index is 12.6. The summed E-state index contributed by atoms with van der Waals surface area (Å²) in [7, 11) is 0. The SMILES string of the molecule is CC(CCN)Nc1nccn2nc(C(F)(F)F)cc12. The number of rotatable bonds is 4. The van der Waals surface area contributed by atoms with Crippen LogP contribution in [0, 0.1) is 0 Å². The maximum Gasteiger partial charge on any atom is 0.435 e. The van der Waals surface area contributed by atoms with E-state index in [4.69, 9.17) is 5.73 Å². The van der Waals surface area contributed by atoms with Gasteiger partial charge in [-0.25, -0.2) is 9.50 Å². The van der Waals surface area contributed by atoms with Gasteiger partial charge in [0.1, 0.15) is 5.52 Å². The lowest BCUT2D eigenvalue weighted by molar-refractivity contribution is -0.141. The lowest BCUT2D eigenvalue weighted by atomic mass is 10.2. The summed E-state index contributed by atoms with van der Waals surface area (Å²) in [5.74, 6) is 0.367. The zero-order valence-electron chi connectivity index (χ0n) is 10.3. The highest BCUT2D eigenvalue weighted by molar-refractivity contribution is 5.68. The molecule has 0 fully saturated rings. The molecule has 2 aromatic rings. The molecule has 2 rings (SSSR count). The van der Waals surface area contributed by atoms with Gasteiger partial charge in [-0.15, -0.1) is 0 Å². The van der Waals surface area contributed by atoms with Gasteiger partial charge in [0, 0.05) is 24.5 Å². The molecule has 104 valence electrons. The number of hydrogen-bond donors (Lipinski definition) is 2. The first-order valence-electron chi connectivity index (χ1n) is 5.80. The fraction of sp³-hybridized carbons (Fsp3) is 0.455. The largest absolute Gasteiger partial charge is 0.435 e. The smallest absolute Gasteiger partial charge is 0.366 e. The van der Waals surface area contributed by atoms with E-state index in [9.17, 15) is 13.2 Å². The van der Waals surface area contributed by atoms with E-state index in [2.05, 4.69) is 15.4 Å². The van der Waals surface area contributed by atoms with Gasteiger partial charge < -0.3 is 11.1 Å². The summed E-state index contributed by atoms with van der Waals surface area (Å²) in [5, 5.41) is 6.52. The van der Waals surface area contributed by atoms with Crippen LogP contribution in [-0.2, 0) is 6.18 Å². The van der Waals surface area contributed by atoms with E-state index in [0.29, 0.717) is 24.3 Å². The lowest BCUT2D eigenvalue weighted by Crippen LogP contribution is -2.20. The molecule has 5 nitrogen and oxygen atoms in total. The van der Waals surface area contributed by atoms with Crippen molar-refractivity contribution in [3.8, 4) is 0 Å². The Kier molecular flexibility index (Phi) is 3.61. The maximum absolute atomic E-state index is 12.6. The summed E-state index contributed by atoms with van der Waals surface area (Å²) >= 11 is 0. The van der Waals surface area contributed by atoms with E-state index in [1.807, 2.05) is 6.92 Å². The second kappa shape index (κ2) is 5.04. The summed E-state index contributed by atoms with van der Waals surface area (Å²) in [6, 6.07) is 0.998. The summed E-state index contributed by atoms with van der Waals surface area (Å²) in [6.45, 7) is 2.38. The summed E-state index contributed by atoms with van der Waals surface area (Å²) in [5.41, 5.74) is 4.79. The van der Waals surface area contributed by atoms with Crippen molar-refractivity contribution in [3.05, 3.63) is 24.2 Å². The van der Waals surface area contributed by atoms with E-state index >= 15 is 0 Å². The van der Waals surface area contributed by atoms with Crippen LogP contribution in [0.2, 0.25) is 0 Å². The molecule has 0 bridgehead atoms. The number of hydrogen-bond acceptors (Lipinski definition) is 4. The van der Waals surface area contributed by atoms with Gasteiger partial charge in [-0.2, -0.15) is 18.3 Å². The Morgan fingerprint density at radius 2 is 2.21 bits per heavy atom. The molecule has 0 aliphatic carbocycles. The Hall–Kier alpha value is -1.83. The minimum Gasteiger partial charge on any atom is -0.366 e. The quantitative estimate of drug-likeness (QED) is 0.892. The summed E-state index contributed by atoms with van der Waals surface area (Å²) in [4.78, 5) is 4.04. The van der Waals surface area contributed by atoms with Crippen molar-refractivity contribution in [2.45, 2.75) is 25.6 Å². The van der Waals surface area contributed by atoms with Crippen LogP contribution in [0.3, 0.4) is 0 Å². The number of nitrogens with one attached hydrogen (secondary N) is 1. The van der Waals surface area contributed by atoms with Gasteiger partial charge in [-0.3, -0.25) is 0 Å². The molecule has 0 aliphatic rings.